The van der Waals surface area contributed by atoms with E-state index in [2.05, 4.69) is 19.2 Å². The van der Waals surface area contributed by atoms with Crippen molar-refractivity contribution in [3.63, 3.8) is 0 Å². The van der Waals surface area contributed by atoms with Crippen molar-refractivity contribution in [1.82, 2.24) is 5.32 Å². The molecule has 0 saturated heterocycles. The Hall–Kier alpha value is -1.04. The molecule has 3 nitrogen and oxygen atoms in total. The monoisotopic (exact) mass is 222 g/mol. The van der Waals surface area contributed by atoms with Crippen LogP contribution in [0, 0.1) is 22.7 Å². The summed E-state index contributed by atoms with van der Waals surface area (Å²) >= 11 is 0. The summed E-state index contributed by atoms with van der Waals surface area (Å²) in [5, 5.41) is 11.3. The minimum absolute atomic E-state index is 0.00706. The molecule has 0 spiro atoms. The third-order valence-corrected chi connectivity index (χ3v) is 3.67. The van der Waals surface area contributed by atoms with E-state index in [1.165, 1.54) is 25.7 Å². The second kappa shape index (κ2) is 5.89. The van der Waals surface area contributed by atoms with Gasteiger partial charge in [-0.3, -0.25) is 4.79 Å². The van der Waals surface area contributed by atoms with E-state index in [1.807, 2.05) is 6.07 Å². The molecule has 1 aliphatic rings. The predicted molar refractivity (Wildman–Crippen MR) is 63.6 cm³/mol. The van der Waals surface area contributed by atoms with Crippen LogP contribution in [-0.4, -0.2) is 12.5 Å². The SMILES string of the molecule is CC(C)(CNC(=O)CCC#N)C1CCCC1. The number of carbonyl (C=O) groups excluding carboxylic acids is 1. The molecule has 0 unspecified atom stereocenters. The maximum absolute atomic E-state index is 11.4. The first-order valence-electron chi connectivity index (χ1n) is 6.20. The smallest absolute Gasteiger partial charge is 0.221 e. The summed E-state index contributed by atoms with van der Waals surface area (Å²) in [4.78, 5) is 11.4. The van der Waals surface area contributed by atoms with Gasteiger partial charge in [-0.25, -0.2) is 0 Å². The fourth-order valence-electron chi connectivity index (χ4n) is 2.44. The van der Waals surface area contributed by atoms with Crippen LogP contribution in [-0.2, 0) is 4.79 Å². The first kappa shape index (κ1) is 13.0. The molecule has 0 aromatic heterocycles. The maximum Gasteiger partial charge on any atom is 0.221 e. The van der Waals surface area contributed by atoms with Crippen molar-refractivity contribution < 1.29 is 4.79 Å². The molecule has 90 valence electrons. The topological polar surface area (TPSA) is 52.9 Å². The number of nitrogens with one attached hydrogen (secondary N) is 1. The zero-order valence-electron chi connectivity index (χ0n) is 10.4. The number of rotatable bonds is 5. The summed E-state index contributed by atoms with van der Waals surface area (Å²) in [7, 11) is 0. The lowest BCUT2D eigenvalue weighted by Crippen LogP contribution is -2.37. The molecule has 1 rings (SSSR count). The van der Waals surface area contributed by atoms with Crippen molar-refractivity contribution in [3.8, 4) is 6.07 Å². The standard InChI is InChI=1S/C13H22N2O/c1-13(2,11-6-3-4-7-11)10-15-12(16)8-5-9-14/h11H,3-8,10H2,1-2H3,(H,15,16). The van der Waals surface area contributed by atoms with Gasteiger partial charge in [0.15, 0.2) is 0 Å². The molecule has 0 atom stereocenters. The molecule has 1 N–H and O–H groups in total. The van der Waals surface area contributed by atoms with Gasteiger partial charge in [0.1, 0.15) is 0 Å². The Kier molecular flexibility index (Phi) is 4.79. The molecule has 1 saturated carbocycles. The number of amides is 1. The number of nitrogens with zero attached hydrogens (tertiary/aromatic N) is 1. The highest BCUT2D eigenvalue weighted by atomic mass is 16.1. The van der Waals surface area contributed by atoms with Gasteiger partial charge in [-0.1, -0.05) is 26.7 Å². The number of hydrogen-bond acceptors (Lipinski definition) is 2. The van der Waals surface area contributed by atoms with Gasteiger partial charge in [0.2, 0.25) is 5.91 Å². The average Bonchev–Trinajstić information content (AvgIpc) is 2.77. The molecule has 0 bridgehead atoms. The van der Waals surface area contributed by atoms with E-state index < -0.39 is 0 Å². The predicted octanol–water partition coefficient (Wildman–Crippen LogP) is 2.62. The van der Waals surface area contributed by atoms with E-state index in [1.54, 1.807) is 0 Å². The minimum Gasteiger partial charge on any atom is -0.356 e. The lowest BCUT2D eigenvalue weighted by molar-refractivity contribution is -0.121. The van der Waals surface area contributed by atoms with Gasteiger partial charge in [-0.2, -0.15) is 5.26 Å². The third kappa shape index (κ3) is 3.84. The highest BCUT2D eigenvalue weighted by molar-refractivity contribution is 5.76. The van der Waals surface area contributed by atoms with Crippen molar-refractivity contribution in [3.05, 3.63) is 0 Å². The van der Waals surface area contributed by atoms with Crippen LogP contribution >= 0.6 is 0 Å². The molecule has 0 aromatic carbocycles. The van der Waals surface area contributed by atoms with Crippen LogP contribution in [0.3, 0.4) is 0 Å². The lowest BCUT2D eigenvalue weighted by atomic mass is 9.77. The molecule has 0 aliphatic heterocycles. The maximum atomic E-state index is 11.4. The van der Waals surface area contributed by atoms with Crippen molar-refractivity contribution in [2.24, 2.45) is 11.3 Å². The quantitative estimate of drug-likeness (QED) is 0.777. The van der Waals surface area contributed by atoms with Crippen molar-refractivity contribution in [2.45, 2.75) is 52.4 Å². The first-order valence-corrected chi connectivity index (χ1v) is 6.20. The molecule has 3 heteroatoms. The van der Waals surface area contributed by atoms with Gasteiger partial charge in [0.05, 0.1) is 6.07 Å². The Balaban J connectivity index is 2.29. The molecule has 0 radical (unpaired) electrons. The zero-order chi connectivity index (χ0) is 12.0. The van der Waals surface area contributed by atoms with Gasteiger partial charge in [-0.05, 0) is 24.2 Å². The molecule has 0 heterocycles. The molecular formula is C13H22N2O. The number of hydrogen-bond donors (Lipinski definition) is 1. The fraction of sp³-hybridized carbons (Fsp3) is 0.846. The van der Waals surface area contributed by atoms with E-state index in [9.17, 15) is 4.79 Å². The molecule has 16 heavy (non-hydrogen) atoms. The second-order valence-electron chi connectivity index (χ2n) is 5.40. The molecule has 1 aliphatic carbocycles. The van der Waals surface area contributed by atoms with Gasteiger partial charge in [0, 0.05) is 19.4 Å². The Morgan fingerprint density at radius 3 is 2.62 bits per heavy atom. The molecule has 0 aromatic rings. The number of carbonyl (C=O) groups is 1. The molecule has 1 fully saturated rings. The van der Waals surface area contributed by atoms with E-state index in [4.69, 9.17) is 5.26 Å². The Morgan fingerprint density at radius 1 is 1.44 bits per heavy atom. The van der Waals surface area contributed by atoms with Crippen molar-refractivity contribution in [2.75, 3.05) is 6.54 Å². The van der Waals surface area contributed by atoms with Gasteiger partial charge in [0.25, 0.3) is 0 Å². The van der Waals surface area contributed by atoms with Gasteiger partial charge in [-0.15, -0.1) is 0 Å². The Labute approximate surface area is 98.2 Å². The Morgan fingerprint density at radius 2 is 2.06 bits per heavy atom. The number of nitriles is 1. The van der Waals surface area contributed by atoms with Crippen LogP contribution in [0.5, 0.6) is 0 Å². The van der Waals surface area contributed by atoms with E-state index in [0.717, 1.165) is 12.5 Å². The largest absolute Gasteiger partial charge is 0.356 e. The summed E-state index contributed by atoms with van der Waals surface area (Å²) in [6.45, 7) is 5.20. The van der Waals surface area contributed by atoms with Crippen LogP contribution in [0.4, 0.5) is 0 Å². The Bertz CT molecular complexity index is 272. The summed E-state index contributed by atoms with van der Waals surface area (Å²) in [5.41, 5.74) is 0.193. The molecule has 1 amide bonds. The molecular weight excluding hydrogens is 200 g/mol. The highest BCUT2D eigenvalue weighted by Crippen LogP contribution is 2.38. The summed E-state index contributed by atoms with van der Waals surface area (Å²) < 4.78 is 0. The second-order valence-corrected chi connectivity index (χ2v) is 5.40. The van der Waals surface area contributed by atoms with Crippen LogP contribution < -0.4 is 5.32 Å². The average molecular weight is 222 g/mol. The van der Waals surface area contributed by atoms with Crippen LogP contribution in [0.25, 0.3) is 0 Å². The van der Waals surface area contributed by atoms with Gasteiger partial charge < -0.3 is 5.32 Å². The lowest BCUT2D eigenvalue weighted by Gasteiger charge is -2.31. The van der Waals surface area contributed by atoms with Crippen molar-refractivity contribution in [1.29, 1.82) is 5.26 Å². The first-order chi connectivity index (χ1) is 7.56. The highest BCUT2D eigenvalue weighted by Gasteiger charge is 2.31. The summed E-state index contributed by atoms with van der Waals surface area (Å²) in [6.07, 6.45) is 5.89. The summed E-state index contributed by atoms with van der Waals surface area (Å²) in [5.74, 6) is 0.747. The normalized spacial score (nSPS) is 17.1. The fourth-order valence-corrected chi connectivity index (χ4v) is 2.44. The van der Waals surface area contributed by atoms with Crippen LogP contribution in [0.1, 0.15) is 52.4 Å². The van der Waals surface area contributed by atoms with Crippen LogP contribution in [0.2, 0.25) is 0 Å². The van der Waals surface area contributed by atoms with Gasteiger partial charge >= 0.3 is 0 Å². The van der Waals surface area contributed by atoms with Crippen LogP contribution in [0.15, 0.2) is 0 Å². The summed E-state index contributed by atoms with van der Waals surface area (Å²) in [6, 6.07) is 1.99. The third-order valence-electron chi connectivity index (χ3n) is 3.67. The zero-order valence-corrected chi connectivity index (χ0v) is 10.4. The van der Waals surface area contributed by atoms with E-state index in [-0.39, 0.29) is 11.3 Å². The van der Waals surface area contributed by atoms with Crippen molar-refractivity contribution >= 4 is 5.91 Å². The van der Waals surface area contributed by atoms with E-state index in [0.29, 0.717) is 12.8 Å². The van der Waals surface area contributed by atoms with E-state index >= 15 is 0 Å². The minimum atomic E-state index is 0.00706.